The normalized spacial score (nSPS) is 11.4. The molecule has 2 aromatic carbocycles. The van der Waals surface area contributed by atoms with Gasteiger partial charge in [0.05, 0.1) is 17.2 Å². The summed E-state index contributed by atoms with van der Waals surface area (Å²) in [6.07, 6.45) is 4.17. The molecule has 196 valence electrons. The second-order valence-corrected chi connectivity index (χ2v) is 9.99. The first kappa shape index (κ1) is 28.7. The van der Waals surface area contributed by atoms with Crippen molar-refractivity contribution in [2.45, 2.75) is 33.1 Å². The minimum atomic E-state index is -1.09. The second-order valence-electron chi connectivity index (χ2n) is 8.22. The Bertz CT molecular complexity index is 1280. The van der Waals surface area contributed by atoms with Gasteiger partial charge in [0.1, 0.15) is 5.69 Å². The lowest BCUT2D eigenvalue weighted by Gasteiger charge is -2.08. The third kappa shape index (κ3) is 7.79. The molecule has 37 heavy (non-hydrogen) atoms. The molecule has 0 spiro atoms. The molecule has 0 aliphatic carbocycles. The third-order valence-corrected chi connectivity index (χ3v) is 6.90. The van der Waals surface area contributed by atoms with Gasteiger partial charge in [-0.2, -0.15) is 0 Å². The van der Waals surface area contributed by atoms with Crippen LogP contribution < -0.4 is 10.1 Å². The fourth-order valence-electron chi connectivity index (χ4n) is 3.48. The van der Waals surface area contributed by atoms with E-state index in [1.54, 1.807) is 7.11 Å². The molecule has 0 fully saturated rings. The number of carboxylic acids is 1. The molecular formula is C27H28Cl2N2O5S. The van der Waals surface area contributed by atoms with Crippen LogP contribution in [0.2, 0.25) is 10.0 Å². The van der Waals surface area contributed by atoms with Gasteiger partial charge in [-0.3, -0.25) is 10.1 Å². The van der Waals surface area contributed by atoms with Gasteiger partial charge in [-0.05, 0) is 56.0 Å². The zero-order chi connectivity index (χ0) is 26.9. The number of ether oxygens (including phenoxy) is 2. The number of hydrogen-bond donors (Lipinski definition) is 2. The topological polar surface area (TPSA) is 97.8 Å². The monoisotopic (exact) mass is 562 g/mol. The lowest BCUT2D eigenvalue weighted by atomic mass is 10.1. The van der Waals surface area contributed by atoms with E-state index in [-0.39, 0.29) is 21.2 Å². The Labute approximate surface area is 230 Å². The number of carboxylic acid groups (broad SMARTS) is 1. The number of halogens is 2. The number of rotatable bonds is 12. The Balaban J connectivity index is 1.77. The molecule has 7 nitrogen and oxygen atoms in total. The Kier molecular flexibility index (Phi) is 10.5. The minimum absolute atomic E-state index is 0.0670. The molecule has 2 N–H and O–H groups in total. The number of thiazole rings is 1. The molecule has 1 heterocycles. The standard InChI is InChI=1S/C27H28Cl2N2O5S/c1-4-10-36-11-6-8-17-7-5-9-18(13-17)23-26(35-3)37-27(30-23)31-24(32)19-14-21(28)20(22(29)15-19)12-16(2)25(33)34/h5,7,9,12-15H,4,6,8,10-11H2,1-3H3,(H,33,34)(H,30,31,32). The highest BCUT2D eigenvalue weighted by Crippen LogP contribution is 2.38. The largest absolute Gasteiger partial charge is 0.486 e. The predicted molar refractivity (Wildman–Crippen MR) is 149 cm³/mol. The highest BCUT2D eigenvalue weighted by Gasteiger charge is 2.18. The lowest BCUT2D eigenvalue weighted by Crippen LogP contribution is -2.12. The van der Waals surface area contributed by atoms with Crippen LogP contribution in [0.3, 0.4) is 0 Å². The Hall–Kier alpha value is -2.91. The zero-order valence-electron chi connectivity index (χ0n) is 20.8. The highest BCUT2D eigenvalue weighted by atomic mass is 35.5. The maximum absolute atomic E-state index is 12.9. The summed E-state index contributed by atoms with van der Waals surface area (Å²) < 4.78 is 11.1. The maximum atomic E-state index is 12.9. The van der Waals surface area contributed by atoms with Crippen LogP contribution in [-0.2, 0) is 16.0 Å². The van der Waals surface area contributed by atoms with E-state index in [4.69, 9.17) is 37.8 Å². The van der Waals surface area contributed by atoms with Crippen LogP contribution in [0.1, 0.15) is 48.2 Å². The summed E-state index contributed by atoms with van der Waals surface area (Å²) in [5.74, 6) is -1.55. The van der Waals surface area contributed by atoms with Crippen molar-refractivity contribution in [1.29, 1.82) is 0 Å². The van der Waals surface area contributed by atoms with Crippen LogP contribution in [0.5, 0.6) is 5.06 Å². The van der Waals surface area contributed by atoms with Gasteiger partial charge >= 0.3 is 5.97 Å². The van der Waals surface area contributed by atoms with E-state index in [0.717, 1.165) is 43.6 Å². The molecule has 0 atom stereocenters. The van der Waals surface area contributed by atoms with E-state index in [9.17, 15) is 9.59 Å². The van der Waals surface area contributed by atoms with E-state index in [2.05, 4.69) is 29.4 Å². The molecule has 10 heteroatoms. The van der Waals surface area contributed by atoms with Crippen LogP contribution in [0, 0.1) is 0 Å². The van der Waals surface area contributed by atoms with Gasteiger partial charge in [0.15, 0.2) is 5.13 Å². The van der Waals surface area contributed by atoms with Crippen LogP contribution >= 0.6 is 34.5 Å². The molecule has 1 aromatic heterocycles. The van der Waals surface area contributed by atoms with E-state index < -0.39 is 11.9 Å². The molecular weight excluding hydrogens is 535 g/mol. The number of carbonyl (C=O) groups excluding carboxylic acids is 1. The molecule has 0 saturated carbocycles. The first-order valence-electron chi connectivity index (χ1n) is 11.7. The summed E-state index contributed by atoms with van der Waals surface area (Å²) in [7, 11) is 1.56. The van der Waals surface area contributed by atoms with E-state index in [0.29, 0.717) is 21.5 Å². The number of aryl methyl sites for hydroxylation is 1. The quantitative estimate of drug-likeness (QED) is 0.178. The van der Waals surface area contributed by atoms with Crippen molar-refractivity contribution in [3.05, 3.63) is 68.7 Å². The second kappa shape index (κ2) is 13.6. The Morgan fingerprint density at radius 2 is 1.89 bits per heavy atom. The summed E-state index contributed by atoms with van der Waals surface area (Å²) in [5.41, 5.74) is 3.29. The number of aromatic nitrogens is 1. The van der Waals surface area contributed by atoms with Crippen molar-refractivity contribution < 1.29 is 24.2 Å². The summed E-state index contributed by atoms with van der Waals surface area (Å²) in [5, 5.41) is 13.1. The first-order chi connectivity index (χ1) is 17.7. The number of aliphatic carboxylic acids is 1. The van der Waals surface area contributed by atoms with E-state index >= 15 is 0 Å². The third-order valence-electron chi connectivity index (χ3n) is 5.34. The summed E-state index contributed by atoms with van der Waals surface area (Å²) in [6.45, 7) is 5.01. The molecule has 0 radical (unpaired) electrons. The van der Waals surface area contributed by atoms with Crippen LogP contribution in [0.25, 0.3) is 17.3 Å². The average Bonchev–Trinajstić information content (AvgIpc) is 3.28. The fraction of sp³-hybridized carbons (Fsp3) is 0.296. The van der Waals surface area contributed by atoms with Gasteiger partial charge in [-0.15, -0.1) is 0 Å². The highest BCUT2D eigenvalue weighted by molar-refractivity contribution is 7.18. The number of amides is 1. The smallest absolute Gasteiger partial charge is 0.331 e. The Morgan fingerprint density at radius 1 is 1.16 bits per heavy atom. The lowest BCUT2D eigenvalue weighted by molar-refractivity contribution is -0.132. The van der Waals surface area contributed by atoms with Crippen molar-refractivity contribution >= 4 is 57.6 Å². The molecule has 0 bridgehead atoms. The maximum Gasteiger partial charge on any atom is 0.331 e. The average molecular weight is 564 g/mol. The van der Waals surface area contributed by atoms with Crippen molar-refractivity contribution in [3.8, 4) is 16.3 Å². The number of hydrogen-bond acceptors (Lipinski definition) is 6. The van der Waals surface area contributed by atoms with Crippen molar-refractivity contribution in [1.82, 2.24) is 4.98 Å². The number of methoxy groups -OCH3 is 1. The van der Waals surface area contributed by atoms with Crippen molar-refractivity contribution in [3.63, 3.8) is 0 Å². The number of nitrogens with zero attached hydrogens (tertiary/aromatic N) is 1. The number of benzene rings is 2. The number of carbonyl (C=O) groups is 2. The molecule has 3 rings (SSSR count). The van der Waals surface area contributed by atoms with Crippen LogP contribution in [0.15, 0.2) is 42.0 Å². The number of nitrogens with one attached hydrogen (secondary N) is 1. The molecule has 0 unspecified atom stereocenters. The van der Waals surface area contributed by atoms with Gasteiger partial charge in [0.2, 0.25) is 5.06 Å². The van der Waals surface area contributed by atoms with E-state index in [1.807, 2.05) is 12.1 Å². The molecule has 0 aliphatic rings. The SMILES string of the molecule is CCCOCCCc1cccc(-c2nc(NC(=O)c3cc(Cl)c(C=C(C)C(=O)O)c(Cl)c3)sc2OC)c1. The van der Waals surface area contributed by atoms with Gasteiger partial charge < -0.3 is 14.6 Å². The molecule has 0 aliphatic heterocycles. The summed E-state index contributed by atoms with van der Waals surface area (Å²) >= 11 is 13.8. The molecule has 0 saturated heterocycles. The van der Waals surface area contributed by atoms with Crippen LogP contribution in [0.4, 0.5) is 5.13 Å². The summed E-state index contributed by atoms with van der Waals surface area (Å²) in [6, 6.07) is 10.9. The van der Waals surface area contributed by atoms with E-state index in [1.165, 1.54) is 36.5 Å². The Morgan fingerprint density at radius 3 is 2.54 bits per heavy atom. The first-order valence-corrected chi connectivity index (χ1v) is 13.2. The van der Waals surface area contributed by atoms with Gasteiger partial charge in [0.25, 0.3) is 5.91 Å². The molecule has 1 amide bonds. The minimum Gasteiger partial charge on any atom is -0.486 e. The van der Waals surface area contributed by atoms with Gasteiger partial charge in [0, 0.05) is 35.5 Å². The zero-order valence-corrected chi connectivity index (χ0v) is 23.1. The fourth-order valence-corrected chi connectivity index (χ4v) is 4.88. The van der Waals surface area contributed by atoms with Crippen molar-refractivity contribution in [2.75, 3.05) is 25.6 Å². The van der Waals surface area contributed by atoms with Gasteiger partial charge in [-0.25, -0.2) is 9.78 Å². The van der Waals surface area contributed by atoms with Crippen LogP contribution in [-0.4, -0.2) is 42.3 Å². The number of anilines is 1. The van der Waals surface area contributed by atoms with Gasteiger partial charge in [-0.1, -0.05) is 59.7 Å². The molecule has 3 aromatic rings. The summed E-state index contributed by atoms with van der Waals surface area (Å²) in [4.78, 5) is 28.6. The predicted octanol–water partition coefficient (Wildman–Crippen LogP) is 7.22. The van der Waals surface area contributed by atoms with Crippen molar-refractivity contribution in [2.24, 2.45) is 0 Å².